The number of aromatic nitrogens is 1. The van der Waals surface area contributed by atoms with E-state index in [0.29, 0.717) is 49.9 Å². The zero-order valence-electron chi connectivity index (χ0n) is 16.8. The van der Waals surface area contributed by atoms with Gasteiger partial charge >= 0.3 is 6.18 Å². The maximum Gasteiger partial charge on any atom is 0.417 e. The Hall–Kier alpha value is -2.79. The first-order valence-corrected chi connectivity index (χ1v) is 10.3. The highest BCUT2D eigenvalue weighted by atomic mass is 35.5. The molecule has 0 saturated carbocycles. The van der Waals surface area contributed by atoms with Crippen molar-refractivity contribution in [3.63, 3.8) is 0 Å². The van der Waals surface area contributed by atoms with Gasteiger partial charge in [-0.2, -0.15) is 18.4 Å². The van der Waals surface area contributed by atoms with Crippen LogP contribution in [0.4, 0.5) is 18.9 Å². The Balaban J connectivity index is 1.36. The summed E-state index contributed by atoms with van der Waals surface area (Å²) in [6.45, 7) is 4.06. The number of hydrogen-bond donors (Lipinski definition) is 0. The quantitative estimate of drug-likeness (QED) is 0.655. The Morgan fingerprint density at radius 3 is 2.74 bits per heavy atom. The summed E-state index contributed by atoms with van der Waals surface area (Å²) in [6, 6.07) is 7.12. The van der Waals surface area contributed by atoms with Crippen molar-refractivity contribution in [1.82, 2.24) is 9.88 Å². The topological polar surface area (TPSA) is 60.2 Å². The van der Waals surface area contributed by atoms with E-state index in [1.54, 1.807) is 17.0 Å². The summed E-state index contributed by atoms with van der Waals surface area (Å²) in [5.74, 6) is 0.128. The smallest absolute Gasteiger partial charge is 0.371 e. The molecule has 162 valence electrons. The van der Waals surface area contributed by atoms with Crippen LogP contribution in [-0.4, -0.2) is 35.4 Å². The second-order valence-corrected chi connectivity index (χ2v) is 8.45. The van der Waals surface area contributed by atoms with E-state index in [-0.39, 0.29) is 17.4 Å². The van der Waals surface area contributed by atoms with Crippen LogP contribution in [0.1, 0.15) is 34.4 Å². The minimum atomic E-state index is -4.58. The van der Waals surface area contributed by atoms with Gasteiger partial charge in [0.1, 0.15) is 5.15 Å². The lowest BCUT2D eigenvalue weighted by Crippen LogP contribution is -2.49. The van der Waals surface area contributed by atoms with Crippen molar-refractivity contribution in [1.29, 1.82) is 5.26 Å². The van der Waals surface area contributed by atoms with E-state index in [1.807, 2.05) is 11.8 Å². The number of anilines is 1. The summed E-state index contributed by atoms with van der Waals surface area (Å²) >= 11 is 6.02. The monoisotopic (exact) mass is 448 g/mol. The second-order valence-electron chi connectivity index (χ2n) is 8.07. The summed E-state index contributed by atoms with van der Waals surface area (Å²) < 4.78 is 39.5. The third-order valence-electron chi connectivity index (χ3n) is 5.94. The molecule has 2 aromatic rings. The fraction of sp³-hybridized carbons (Fsp3) is 0.409. The number of benzene rings is 1. The third kappa shape index (κ3) is 4.33. The number of halogens is 4. The average Bonchev–Trinajstić information content (AvgIpc) is 2.68. The number of nitrogens with zero attached hydrogens (tertiary/aromatic N) is 4. The van der Waals surface area contributed by atoms with Gasteiger partial charge in [-0.1, -0.05) is 11.6 Å². The van der Waals surface area contributed by atoms with E-state index in [0.717, 1.165) is 22.9 Å². The number of hydrogen-bond acceptors (Lipinski definition) is 4. The molecule has 3 heterocycles. The fourth-order valence-corrected chi connectivity index (χ4v) is 4.48. The summed E-state index contributed by atoms with van der Waals surface area (Å²) in [5.41, 5.74) is 2.09. The highest BCUT2D eigenvalue weighted by Gasteiger charge is 2.36. The highest BCUT2D eigenvalue weighted by Crippen LogP contribution is 2.36. The van der Waals surface area contributed by atoms with Crippen molar-refractivity contribution in [2.45, 2.75) is 32.5 Å². The van der Waals surface area contributed by atoms with Crippen LogP contribution in [-0.2, 0) is 23.9 Å². The first kappa shape index (κ1) is 21.4. The summed E-state index contributed by atoms with van der Waals surface area (Å²) in [6.07, 6.45) is -3.57. The minimum Gasteiger partial charge on any atom is -0.371 e. The van der Waals surface area contributed by atoms with Gasteiger partial charge in [0.25, 0.3) is 0 Å². The Kier molecular flexibility index (Phi) is 5.56. The molecule has 1 fully saturated rings. The molecule has 0 atom stereocenters. The van der Waals surface area contributed by atoms with Gasteiger partial charge in [0, 0.05) is 56.3 Å². The zero-order valence-corrected chi connectivity index (χ0v) is 17.6. The van der Waals surface area contributed by atoms with E-state index >= 15 is 0 Å². The van der Waals surface area contributed by atoms with Gasteiger partial charge in [0.2, 0.25) is 5.91 Å². The number of carbonyl (C=O) groups excluding carboxylic acids is 1. The molecule has 0 radical (unpaired) electrons. The van der Waals surface area contributed by atoms with Crippen LogP contribution in [0.5, 0.6) is 0 Å². The van der Waals surface area contributed by atoms with E-state index in [1.165, 1.54) is 12.1 Å². The van der Waals surface area contributed by atoms with Gasteiger partial charge in [0.15, 0.2) is 0 Å². The molecular formula is C22H20ClF3N4O. The largest absolute Gasteiger partial charge is 0.417 e. The van der Waals surface area contributed by atoms with Crippen molar-refractivity contribution in [2.24, 2.45) is 5.92 Å². The number of alkyl halides is 3. The predicted octanol–water partition coefficient (Wildman–Crippen LogP) is 4.35. The number of aryl methyl sites for hydroxylation is 1. The summed E-state index contributed by atoms with van der Waals surface area (Å²) in [5, 5.41) is 9.38. The van der Waals surface area contributed by atoms with Crippen molar-refractivity contribution >= 4 is 23.2 Å². The molecule has 2 aliphatic heterocycles. The molecule has 1 aromatic heterocycles. The van der Waals surface area contributed by atoms with Crippen molar-refractivity contribution in [3.05, 3.63) is 57.4 Å². The Bertz CT molecular complexity index is 1070. The molecule has 0 aliphatic carbocycles. The van der Waals surface area contributed by atoms with Crippen molar-refractivity contribution in [3.8, 4) is 6.07 Å². The molecule has 1 amide bonds. The highest BCUT2D eigenvalue weighted by molar-refractivity contribution is 6.29. The van der Waals surface area contributed by atoms with Crippen LogP contribution in [0.15, 0.2) is 24.3 Å². The molecule has 2 aliphatic rings. The van der Waals surface area contributed by atoms with Crippen LogP contribution in [0.3, 0.4) is 0 Å². The van der Waals surface area contributed by atoms with Gasteiger partial charge in [-0.15, -0.1) is 0 Å². The molecule has 0 bridgehead atoms. The molecule has 9 heteroatoms. The molecule has 0 N–H and O–H groups in total. The number of carbonyl (C=O) groups is 1. The fourth-order valence-electron chi connectivity index (χ4n) is 4.22. The van der Waals surface area contributed by atoms with Crippen LogP contribution in [0, 0.1) is 24.2 Å². The normalized spacial score (nSPS) is 16.5. The summed E-state index contributed by atoms with van der Waals surface area (Å²) in [7, 11) is 0. The standard InChI is InChI=1S/C22H20ClF3N4O/c1-13-6-20(23)28-19-4-5-29(12-17(13)19)21(31)7-14-10-30(11-14)16-3-2-15(9-27)18(8-16)22(24,25)26/h2-3,6,8,14H,4-5,7,10-12H2,1H3. The maximum atomic E-state index is 13.2. The van der Waals surface area contributed by atoms with Gasteiger partial charge in [-0.25, -0.2) is 4.98 Å². The SMILES string of the molecule is Cc1cc(Cl)nc2c1CN(C(=O)CC1CN(c3ccc(C#N)c(C(F)(F)F)c3)C1)CC2. The Morgan fingerprint density at radius 2 is 2.06 bits per heavy atom. The van der Waals surface area contributed by atoms with Crippen LogP contribution < -0.4 is 4.90 Å². The van der Waals surface area contributed by atoms with E-state index in [4.69, 9.17) is 16.9 Å². The zero-order chi connectivity index (χ0) is 22.3. The molecule has 31 heavy (non-hydrogen) atoms. The van der Waals surface area contributed by atoms with E-state index in [2.05, 4.69) is 4.98 Å². The second kappa shape index (κ2) is 8.04. The van der Waals surface area contributed by atoms with Crippen molar-refractivity contribution < 1.29 is 18.0 Å². The van der Waals surface area contributed by atoms with Gasteiger partial charge in [-0.05, 0) is 42.3 Å². The van der Waals surface area contributed by atoms with E-state index < -0.39 is 11.7 Å². The average molecular weight is 449 g/mol. The van der Waals surface area contributed by atoms with Gasteiger partial charge in [0.05, 0.1) is 17.2 Å². The lowest BCUT2D eigenvalue weighted by Gasteiger charge is -2.42. The third-order valence-corrected chi connectivity index (χ3v) is 6.13. The van der Waals surface area contributed by atoms with Crippen LogP contribution >= 0.6 is 11.6 Å². The number of nitriles is 1. The molecule has 1 aromatic carbocycles. The number of rotatable bonds is 3. The first-order valence-electron chi connectivity index (χ1n) is 9.94. The lowest BCUT2D eigenvalue weighted by atomic mass is 9.93. The molecular weight excluding hydrogens is 429 g/mol. The molecule has 0 spiro atoms. The van der Waals surface area contributed by atoms with Gasteiger partial charge in [-0.3, -0.25) is 4.79 Å². The molecule has 0 unspecified atom stereocenters. The maximum absolute atomic E-state index is 13.2. The van der Waals surface area contributed by atoms with Crippen LogP contribution in [0.25, 0.3) is 0 Å². The summed E-state index contributed by atoms with van der Waals surface area (Å²) in [4.78, 5) is 20.8. The molecule has 4 rings (SSSR count). The van der Waals surface area contributed by atoms with Gasteiger partial charge < -0.3 is 9.80 Å². The van der Waals surface area contributed by atoms with Crippen LogP contribution in [0.2, 0.25) is 5.15 Å². The number of fused-ring (bicyclic) bond motifs is 1. The van der Waals surface area contributed by atoms with Crippen molar-refractivity contribution in [2.75, 3.05) is 24.5 Å². The molecule has 1 saturated heterocycles. The Labute approximate surface area is 183 Å². The number of amides is 1. The Morgan fingerprint density at radius 1 is 1.32 bits per heavy atom. The molecule has 5 nitrogen and oxygen atoms in total. The number of pyridine rings is 1. The first-order chi connectivity index (χ1) is 14.7. The minimum absolute atomic E-state index is 0.0421. The predicted molar refractivity (Wildman–Crippen MR) is 110 cm³/mol. The van der Waals surface area contributed by atoms with E-state index in [9.17, 15) is 18.0 Å². The lowest BCUT2D eigenvalue weighted by molar-refractivity contribution is -0.137.